The summed E-state index contributed by atoms with van der Waals surface area (Å²) < 4.78 is 10.7. The Morgan fingerprint density at radius 2 is 1.68 bits per heavy atom. The number of nitrogens with one attached hydrogen (secondary N) is 1. The van der Waals surface area contributed by atoms with Crippen LogP contribution in [0.1, 0.15) is 35.2 Å². The number of likely N-dealkylation sites (tertiary alicyclic amines) is 1. The zero-order chi connectivity index (χ0) is 22.4. The Morgan fingerprint density at radius 3 is 2.35 bits per heavy atom. The van der Waals surface area contributed by atoms with Crippen molar-refractivity contribution in [3.05, 3.63) is 57.6 Å². The molecule has 1 fully saturated rings. The van der Waals surface area contributed by atoms with E-state index in [1.165, 1.54) is 20.3 Å². The number of methoxy groups -OCH3 is 2. The molecule has 1 N–H and O–H groups in total. The summed E-state index contributed by atoms with van der Waals surface area (Å²) in [7, 11) is 3.00. The van der Waals surface area contributed by atoms with Crippen LogP contribution in [0.3, 0.4) is 0 Å². The van der Waals surface area contributed by atoms with Gasteiger partial charge in [-0.05, 0) is 55.2 Å². The third-order valence-electron chi connectivity index (χ3n) is 5.03. The number of rotatable bonds is 6. The smallest absolute Gasteiger partial charge is 0.256 e. The molecule has 0 aromatic heterocycles. The summed E-state index contributed by atoms with van der Waals surface area (Å²) in [5, 5.41) is 3.76. The van der Waals surface area contributed by atoms with E-state index in [-0.39, 0.29) is 5.91 Å². The van der Waals surface area contributed by atoms with E-state index in [1.54, 1.807) is 41.3 Å². The Hall–Kier alpha value is -2.70. The average molecular weight is 463 g/mol. The van der Waals surface area contributed by atoms with Crippen molar-refractivity contribution in [3.63, 3.8) is 0 Å². The fourth-order valence-corrected chi connectivity index (χ4v) is 3.77. The summed E-state index contributed by atoms with van der Waals surface area (Å²) in [6, 6.07) is 8.18. The summed E-state index contributed by atoms with van der Waals surface area (Å²) >= 11 is 12.1. The Labute approximate surface area is 191 Å². The van der Waals surface area contributed by atoms with Crippen molar-refractivity contribution < 1.29 is 19.1 Å². The maximum Gasteiger partial charge on any atom is 0.256 e. The van der Waals surface area contributed by atoms with Crippen molar-refractivity contribution in [3.8, 4) is 11.5 Å². The highest BCUT2D eigenvalue weighted by Crippen LogP contribution is 2.34. The normalized spacial score (nSPS) is 13.9. The standard InChI is InChI=1S/C23H24Cl2N2O4/c1-30-20-13-17(23(29)27-10-4-3-5-11-27)19(14-21(20)31-2)26-22(28)9-6-15-12-16(24)7-8-18(15)25/h6-9,12-14H,3-5,10-11H2,1-2H3,(H,26,28)/b9-6+. The minimum atomic E-state index is -0.420. The first-order valence-electron chi connectivity index (χ1n) is 9.92. The van der Waals surface area contributed by atoms with Gasteiger partial charge in [0.05, 0.1) is 25.5 Å². The van der Waals surface area contributed by atoms with Gasteiger partial charge in [-0.3, -0.25) is 9.59 Å². The Kier molecular flexibility index (Phi) is 7.82. The molecule has 3 rings (SSSR count). The maximum atomic E-state index is 13.2. The molecule has 0 aliphatic carbocycles. The molecule has 31 heavy (non-hydrogen) atoms. The average Bonchev–Trinajstić information content (AvgIpc) is 2.79. The number of amides is 2. The topological polar surface area (TPSA) is 67.9 Å². The van der Waals surface area contributed by atoms with E-state index in [4.69, 9.17) is 32.7 Å². The molecule has 164 valence electrons. The molecular weight excluding hydrogens is 439 g/mol. The monoisotopic (exact) mass is 462 g/mol. The minimum Gasteiger partial charge on any atom is -0.493 e. The van der Waals surface area contributed by atoms with E-state index in [9.17, 15) is 9.59 Å². The quantitative estimate of drug-likeness (QED) is 0.592. The molecule has 6 nitrogen and oxygen atoms in total. The van der Waals surface area contributed by atoms with Crippen LogP contribution in [0, 0.1) is 0 Å². The number of piperidine rings is 1. The predicted octanol–water partition coefficient (Wildman–Crippen LogP) is 5.29. The van der Waals surface area contributed by atoms with Crippen molar-refractivity contribution in [1.82, 2.24) is 4.90 Å². The van der Waals surface area contributed by atoms with Crippen LogP contribution >= 0.6 is 23.2 Å². The molecule has 2 aromatic carbocycles. The molecule has 0 saturated carbocycles. The molecule has 1 aliphatic rings. The van der Waals surface area contributed by atoms with Crippen LogP contribution < -0.4 is 14.8 Å². The van der Waals surface area contributed by atoms with Gasteiger partial charge in [0, 0.05) is 35.3 Å². The first kappa shape index (κ1) is 23.0. The number of carbonyl (C=O) groups is 2. The molecule has 1 saturated heterocycles. The third-order valence-corrected chi connectivity index (χ3v) is 5.61. The lowest BCUT2D eigenvalue weighted by atomic mass is 10.1. The van der Waals surface area contributed by atoms with Gasteiger partial charge in [0.25, 0.3) is 5.91 Å². The van der Waals surface area contributed by atoms with Crippen LogP contribution in [0.4, 0.5) is 5.69 Å². The Balaban J connectivity index is 1.89. The van der Waals surface area contributed by atoms with E-state index in [1.807, 2.05) is 0 Å². The fourth-order valence-electron chi connectivity index (χ4n) is 3.41. The van der Waals surface area contributed by atoms with Gasteiger partial charge in [-0.15, -0.1) is 0 Å². The first-order chi connectivity index (χ1) is 14.9. The summed E-state index contributed by atoms with van der Waals surface area (Å²) in [6.45, 7) is 1.38. The van der Waals surface area contributed by atoms with Gasteiger partial charge in [0.15, 0.2) is 11.5 Å². The molecule has 1 heterocycles. The van der Waals surface area contributed by atoms with Gasteiger partial charge in [-0.25, -0.2) is 0 Å². The van der Waals surface area contributed by atoms with Crippen LogP contribution in [0.25, 0.3) is 6.08 Å². The van der Waals surface area contributed by atoms with E-state index >= 15 is 0 Å². The lowest BCUT2D eigenvalue weighted by Crippen LogP contribution is -2.36. The summed E-state index contributed by atoms with van der Waals surface area (Å²) in [6.07, 6.45) is 5.93. The number of anilines is 1. The van der Waals surface area contributed by atoms with Crippen molar-refractivity contribution in [1.29, 1.82) is 0 Å². The number of ether oxygens (including phenoxy) is 2. The van der Waals surface area contributed by atoms with Crippen LogP contribution in [0.2, 0.25) is 10.0 Å². The summed E-state index contributed by atoms with van der Waals surface area (Å²) in [5.74, 6) is 0.255. The van der Waals surface area contributed by atoms with Gasteiger partial charge in [-0.2, -0.15) is 0 Å². The summed E-state index contributed by atoms with van der Waals surface area (Å²) in [5.41, 5.74) is 1.31. The number of benzene rings is 2. The van der Waals surface area contributed by atoms with Crippen molar-refractivity contribution in [2.75, 3.05) is 32.6 Å². The zero-order valence-corrected chi connectivity index (χ0v) is 18.9. The van der Waals surface area contributed by atoms with Gasteiger partial charge in [0.1, 0.15) is 0 Å². The number of nitrogens with zero attached hydrogens (tertiary/aromatic N) is 1. The van der Waals surface area contributed by atoms with E-state index in [2.05, 4.69) is 5.32 Å². The molecule has 1 aliphatic heterocycles. The van der Waals surface area contributed by atoms with E-state index < -0.39 is 5.91 Å². The highest BCUT2D eigenvalue weighted by molar-refractivity contribution is 6.34. The van der Waals surface area contributed by atoms with Crippen molar-refractivity contribution in [2.45, 2.75) is 19.3 Å². The van der Waals surface area contributed by atoms with E-state index in [0.717, 1.165) is 19.3 Å². The largest absolute Gasteiger partial charge is 0.493 e. The molecule has 2 aromatic rings. The van der Waals surface area contributed by atoms with Gasteiger partial charge < -0.3 is 19.7 Å². The molecule has 0 radical (unpaired) electrons. The number of hydrogen-bond donors (Lipinski definition) is 1. The SMILES string of the molecule is COc1cc(NC(=O)/C=C/c2cc(Cl)ccc2Cl)c(C(=O)N2CCCCC2)cc1OC. The highest BCUT2D eigenvalue weighted by atomic mass is 35.5. The van der Waals surface area contributed by atoms with Crippen LogP contribution in [0.5, 0.6) is 11.5 Å². The van der Waals surface area contributed by atoms with Gasteiger partial charge in [0.2, 0.25) is 5.91 Å². The van der Waals surface area contributed by atoms with Crippen LogP contribution in [0.15, 0.2) is 36.4 Å². The zero-order valence-electron chi connectivity index (χ0n) is 17.4. The van der Waals surface area contributed by atoms with Crippen molar-refractivity contribution >= 4 is 46.8 Å². The second-order valence-corrected chi connectivity index (χ2v) is 7.94. The third kappa shape index (κ3) is 5.71. The number of carbonyl (C=O) groups excluding carboxylic acids is 2. The molecule has 0 bridgehead atoms. The molecule has 0 unspecified atom stereocenters. The Bertz CT molecular complexity index is 1000. The fraction of sp³-hybridized carbons (Fsp3) is 0.304. The molecule has 0 atom stereocenters. The minimum absolute atomic E-state index is 0.155. The van der Waals surface area contributed by atoms with Gasteiger partial charge in [-0.1, -0.05) is 23.2 Å². The van der Waals surface area contributed by atoms with Crippen molar-refractivity contribution in [2.24, 2.45) is 0 Å². The number of hydrogen-bond acceptors (Lipinski definition) is 4. The molecule has 0 spiro atoms. The number of halogens is 2. The van der Waals surface area contributed by atoms with Gasteiger partial charge >= 0.3 is 0 Å². The lowest BCUT2D eigenvalue weighted by Gasteiger charge is -2.28. The van der Waals surface area contributed by atoms with E-state index in [0.29, 0.717) is 51.4 Å². The van der Waals surface area contributed by atoms with Crippen LogP contribution in [-0.2, 0) is 4.79 Å². The first-order valence-corrected chi connectivity index (χ1v) is 10.7. The van der Waals surface area contributed by atoms with Crippen LogP contribution in [-0.4, -0.2) is 44.0 Å². The molecular formula is C23H24Cl2N2O4. The second kappa shape index (κ2) is 10.6. The molecule has 2 amide bonds. The predicted molar refractivity (Wildman–Crippen MR) is 123 cm³/mol. The second-order valence-electron chi connectivity index (χ2n) is 7.09. The lowest BCUT2D eigenvalue weighted by molar-refractivity contribution is -0.111. The molecule has 8 heteroatoms. The Morgan fingerprint density at radius 1 is 1.00 bits per heavy atom. The highest BCUT2D eigenvalue weighted by Gasteiger charge is 2.24. The summed E-state index contributed by atoms with van der Waals surface area (Å²) in [4.78, 5) is 27.6. The maximum absolute atomic E-state index is 13.2.